The summed E-state index contributed by atoms with van der Waals surface area (Å²) in [6, 6.07) is 21.3. The van der Waals surface area contributed by atoms with Crippen molar-refractivity contribution < 1.29 is 9.59 Å². The highest BCUT2D eigenvalue weighted by Crippen LogP contribution is 2.20. The SMILES string of the molecule is CC1CCN(C(=O)c2cccc(NC(=O)CNc3ccc4ccccc4c3)c2)CC1. The quantitative estimate of drug-likeness (QED) is 0.648. The van der Waals surface area contributed by atoms with Gasteiger partial charge in [-0.3, -0.25) is 9.59 Å². The molecule has 1 aliphatic rings. The molecule has 0 atom stereocenters. The standard InChI is InChI=1S/C25H27N3O2/c1-18-11-13-28(14-12-18)25(30)21-7-4-8-23(16-21)27-24(29)17-26-22-10-9-19-5-2-3-6-20(19)15-22/h2-10,15-16,18,26H,11-14,17H2,1H3,(H,27,29). The number of anilines is 2. The van der Waals surface area contributed by atoms with Gasteiger partial charge in [-0.25, -0.2) is 0 Å². The predicted octanol–water partition coefficient (Wildman–Crippen LogP) is 4.76. The van der Waals surface area contributed by atoms with Gasteiger partial charge in [0.1, 0.15) is 0 Å². The van der Waals surface area contributed by atoms with Gasteiger partial charge in [-0.05, 0) is 59.9 Å². The molecule has 0 spiro atoms. The number of piperidine rings is 1. The van der Waals surface area contributed by atoms with E-state index in [-0.39, 0.29) is 18.4 Å². The lowest BCUT2D eigenvalue weighted by atomic mass is 9.98. The maximum atomic E-state index is 12.8. The fourth-order valence-corrected chi connectivity index (χ4v) is 3.81. The summed E-state index contributed by atoms with van der Waals surface area (Å²) in [6.07, 6.45) is 2.09. The zero-order valence-corrected chi connectivity index (χ0v) is 17.2. The Balaban J connectivity index is 1.35. The number of amides is 2. The van der Waals surface area contributed by atoms with Gasteiger partial charge >= 0.3 is 0 Å². The molecule has 0 bridgehead atoms. The number of fused-ring (bicyclic) bond motifs is 1. The molecule has 0 saturated carbocycles. The van der Waals surface area contributed by atoms with E-state index in [0.717, 1.165) is 42.4 Å². The lowest BCUT2D eigenvalue weighted by Crippen LogP contribution is -2.37. The Labute approximate surface area is 177 Å². The van der Waals surface area contributed by atoms with E-state index in [4.69, 9.17) is 0 Å². The van der Waals surface area contributed by atoms with E-state index in [1.807, 2.05) is 59.5 Å². The van der Waals surface area contributed by atoms with E-state index in [0.29, 0.717) is 17.2 Å². The summed E-state index contributed by atoms with van der Waals surface area (Å²) < 4.78 is 0. The molecular formula is C25H27N3O2. The van der Waals surface area contributed by atoms with Gasteiger partial charge in [-0.15, -0.1) is 0 Å². The van der Waals surface area contributed by atoms with Gasteiger partial charge in [0.15, 0.2) is 0 Å². The number of nitrogens with one attached hydrogen (secondary N) is 2. The molecule has 5 heteroatoms. The maximum absolute atomic E-state index is 12.8. The Morgan fingerprint density at radius 1 is 0.900 bits per heavy atom. The van der Waals surface area contributed by atoms with Gasteiger partial charge < -0.3 is 15.5 Å². The molecular weight excluding hydrogens is 374 g/mol. The second-order valence-corrected chi connectivity index (χ2v) is 8.02. The Kier molecular flexibility index (Phi) is 5.98. The topological polar surface area (TPSA) is 61.4 Å². The van der Waals surface area contributed by atoms with E-state index in [1.165, 1.54) is 0 Å². The van der Waals surface area contributed by atoms with E-state index < -0.39 is 0 Å². The van der Waals surface area contributed by atoms with Gasteiger partial charge in [0.2, 0.25) is 5.91 Å². The van der Waals surface area contributed by atoms with Crippen LogP contribution in [0.15, 0.2) is 66.7 Å². The molecule has 2 amide bonds. The lowest BCUT2D eigenvalue weighted by molar-refractivity contribution is -0.114. The average molecular weight is 402 g/mol. The number of carbonyl (C=O) groups excluding carboxylic acids is 2. The van der Waals surface area contributed by atoms with Crippen LogP contribution < -0.4 is 10.6 Å². The smallest absolute Gasteiger partial charge is 0.253 e. The first-order chi connectivity index (χ1) is 14.6. The first-order valence-corrected chi connectivity index (χ1v) is 10.5. The molecule has 0 unspecified atom stereocenters. The van der Waals surface area contributed by atoms with Crippen LogP contribution in [-0.4, -0.2) is 36.3 Å². The summed E-state index contributed by atoms with van der Waals surface area (Å²) in [5, 5.41) is 8.34. The molecule has 2 N–H and O–H groups in total. The number of hydrogen-bond acceptors (Lipinski definition) is 3. The summed E-state index contributed by atoms with van der Waals surface area (Å²) in [5.74, 6) is 0.557. The molecule has 1 aliphatic heterocycles. The highest BCUT2D eigenvalue weighted by molar-refractivity contribution is 5.98. The molecule has 1 saturated heterocycles. The van der Waals surface area contributed by atoms with Crippen molar-refractivity contribution in [1.82, 2.24) is 4.90 Å². The van der Waals surface area contributed by atoms with Crippen LogP contribution in [0, 0.1) is 5.92 Å². The number of rotatable bonds is 5. The first kappa shape index (κ1) is 20.0. The zero-order chi connectivity index (χ0) is 20.9. The largest absolute Gasteiger partial charge is 0.376 e. The monoisotopic (exact) mass is 401 g/mol. The third-order valence-corrected chi connectivity index (χ3v) is 5.67. The normalized spacial score (nSPS) is 14.5. The summed E-state index contributed by atoms with van der Waals surface area (Å²) in [5.41, 5.74) is 2.15. The molecule has 0 aliphatic carbocycles. The molecule has 3 aromatic rings. The highest BCUT2D eigenvalue weighted by Gasteiger charge is 2.21. The van der Waals surface area contributed by atoms with Crippen LogP contribution in [0.2, 0.25) is 0 Å². The molecule has 154 valence electrons. The maximum Gasteiger partial charge on any atom is 0.253 e. The van der Waals surface area contributed by atoms with Crippen LogP contribution in [0.3, 0.4) is 0 Å². The van der Waals surface area contributed by atoms with Gasteiger partial charge in [-0.2, -0.15) is 0 Å². The van der Waals surface area contributed by atoms with Crippen molar-refractivity contribution >= 4 is 34.0 Å². The third kappa shape index (κ3) is 4.79. The van der Waals surface area contributed by atoms with Gasteiger partial charge in [-0.1, -0.05) is 43.3 Å². The van der Waals surface area contributed by atoms with Crippen LogP contribution in [0.4, 0.5) is 11.4 Å². The van der Waals surface area contributed by atoms with E-state index in [9.17, 15) is 9.59 Å². The molecule has 30 heavy (non-hydrogen) atoms. The first-order valence-electron chi connectivity index (χ1n) is 10.5. The van der Waals surface area contributed by atoms with E-state index in [1.54, 1.807) is 6.07 Å². The average Bonchev–Trinajstić information content (AvgIpc) is 2.78. The molecule has 3 aromatic carbocycles. The van der Waals surface area contributed by atoms with Crippen molar-refractivity contribution in [3.8, 4) is 0 Å². The molecule has 5 nitrogen and oxygen atoms in total. The molecule has 0 aromatic heterocycles. The number of hydrogen-bond donors (Lipinski definition) is 2. The van der Waals surface area contributed by atoms with Crippen LogP contribution in [-0.2, 0) is 4.79 Å². The fraction of sp³-hybridized carbons (Fsp3) is 0.280. The van der Waals surface area contributed by atoms with Gasteiger partial charge in [0.25, 0.3) is 5.91 Å². The number of nitrogens with zero attached hydrogens (tertiary/aromatic N) is 1. The molecule has 1 heterocycles. The van der Waals surface area contributed by atoms with Crippen LogP contribution in [0.1, 0.15) is 30.1 Å². The fourth-order valence-electron chi connectivity index (χ4n) is 3.81. The van der Waals surface area contributed by atoms with Crippen molar-refractivity contribution in [3.05, 3.63) is 72.3 Å². The van der Waals surface area contributed by atoms with Gasteiger partial charge in [0.05, 0.1) is 6.54 Å². The highest BCUT2D eigenvalue weighted by atomic mass is 16.2. The summed E-state index contributed by atoms with van der Waals surface area (Å²) in [4.78, 5) is 27.1. The number of carbonyl (C=O) groups is 2. The molecule has 4 rings (SSSR count). The number of likely N-dealkylation sites (tertiary alicyclic amines) is 1. The second-order valence-electron chi connectivity index (χ2n) is 8.02. The van der Waals surface area contributed by atoms with Crippen molar-refractivity contribution in [2.24, 2.45) is 5.92 Å². The Morgan fingerprint density at radius 3 is 2.47 bits per heavy atom. The Bertz CT molecular complexity index is 1050. The van der Waals surface area contributed by atoms with Crippen molar-refractivity contribution in [3.63, 3.8) is 0 Å². The second kappa shape index (κ2) is 8.99. The van der Waals surface area contributed by atoms with E-state index in [2.05, 4.69) is 23.6 Å². The molecule has 1 fully saturated rings. The zero-order valence-electron chi connectivity index (χ0n) is 17.2. The van der Waals surface area contributed by atoms with Crippen LogP contribution in [0.25, 0.3) is 10.8 Å². The van der Waals surface area contributed by atoms with Gasteiger partial charge in [0, 0.05) is 30.0 Å². The summed E-state index contributed by atoms with van der Waals surface area (Å²) >= 11 is 0. The van der Waals surface area contributed by atoms with Crippen molar-refractivity contribution in [2.75, 3.05) is 30.3 Å². The minimum atomic E-state index is -0.153. The predicted molar refractivity (Wildman–Crippen MR) is 122 cm³/mol. The lowest BCUT2D eigenvalue weighted by Gasteiger charge is -2.30. The van der Waals surface area contributed by atoms with E-state index >= 15 is 0 Å². The summed E-state index contributed by atoms with van der Waals surface area (Å²) in [6.45, 7) is 3.98. The minimum absolute atomic E-state index is 0.0345. The Morgan fingerprint density at radius 2 is 1.67 bits per heavy atom. The number of benzene rings is 3. The minimum Gasteiger partial charge on any atom is -0.376 e. The van der Waals surface area contributed by atoms with Crippen LogP contribution >= 0.6 is 0 Å². The van der Waals surface area contributed by atoms with Crippen molar-refractivity contribution in [1.29, 1.82) is 0 Å². The summed E-state index contributed by atoms with van der Waals surface area (Å²) in [7, 11) is 0. The molecule has 0 radical (unpaired) electrons. The third-order valence-electron chi connectivity index (χ3n) is 5.67. The Hall–Kier alpha value is -3.34. The van der Waals surface area contributed by atoms with Crippen LogP contribution in [0.5, 0.6) is 0 Å². The van der Waals surface area contributed by atoms with Crippen molar-refractivity contribution in [2.45, 2.75) is 19.8 Å².